The Morgan fingerprint density at radius 1 is 1.33 bits per heavy atom. The van der Waals surface area contributed by atoms with E-state index in [4.69, 9.17) is 4.74 Å². The molecule has 108 valence electrons. The Balaban J connectivity index is 2.08. The van der Waals surface area contributed by atoms with Crippen molar-refractivity contribution < 1.29 is 24.2 Å². The Kier molecular flexibility index (Phi) is 4.50. The second kappa shape index (κ2) is 6.51. The molecule has 6 heteroatoms. The van der Waals surface area contributed by atoms with E-state index in [0.717, 1.165) is 0 Å². The summed E-state index contributed by atoms with van der Waals surface area (Å²) < 4.78 is 10.0. The topological polar surface area (TPSA) is 85.7 Å². The number of phenolic OH excluding ortho intramolecular Hbond substituents is 1. The molecule has 1 aromatic heterocycles. The fourth-order valence-electron chi connectivity index (χ4n) is 1.68. The van der Waals surface area contributed by atoms with Gasteiger partial charge < -0.3 is 14.6 Å². The van der Waals surface area contributed by atoms with E-state index in [1.807, 2.05) is 0 Å². The van der Waals surface area contributed by atoms with E-state index in [-0.39, 0.29) is 23.7 Å². The van der Waals surface area contributed by atoms with Crippen LogP contribution in [0.1, 0.15) is 26.4 Å². The lowest BCUT2D eigenvalue weighted by Gasteiger charge is -2.09. The maximum atomic E-state index is 11.3. The van der Waals surface area contributed by atoms with Gasteiger partial charge in [0, 0.05) is 6.20 Å². The molecule has 0 saturated carbocycles. The van der Waals surface area contributed by atoms with E-state index in [2.05, 4.69) is 9.72 Å². The van der Waals surface area contributed by atoms with Crippen molar-refractivity contribution in [3.63, 3.8) is 0 Å². The molecule has 0 aliphatic heterocycles. The van der Waals surface area contributed by atoms with Gasteiger partial charge in [0.2, 0.25) is 0 Å². The predicted octanol–water partition coefficient (Wildman–Crippen LogP) is 1.97. The summed E-state index contributed by atoms with van der Waals surface area (Å²) in [6.45, 7) is 0.103. The Hall–Kier alpha value is -2.89. The number of rotatable bonds is 5. The van der Waals surface area contributed by atoms with Crippen LogP contribution in [-0.4, -0.2) is 29.5 Å². The highest BCUT2D eigenvalue weighted by Crippen LogP contribution is 2.25. The minimum absolute atomic E-state index is 0.0867. The minimum atomic E-state index is -0.466. The van der Waals surface area contributed by atoms with Gasteiger partial charge in [0.1, 0.15) is 18.1 Å². The van der Waals surface area contributed by atoms with Gasteiger partial charge in [-0.2, -0.15) is 0 Å². The van der Waals surface area contributed by atoms with Crippen LogP contribution in [0.4, 0.5) is 0 Å². The Labute approximate surface area is 121 Å². The lowest BCUT2D eigenvalue weighted by atomic mass is 10.2. The van der Waals surface area contributed by atoms with Crippen molar-refractivity contribution >= 4 is 12.3 Å². The van der Waals surface area contributed by atoms with E-state index < -0.39 is 5.97 Å². The third kappa shape index (κ3) is 3.36. The van der Waals surface area contributed by atoms with Gasteiger partial charge in [-0.1, -0.05) is 6.07 Å². The fourth-order valence-corrected chi connectivity index (χ4v) is 1.68. The SMILES string of the molecule is COC(=O)c1ccc(COc2cccc(O)c2C=O)nc1. The van der Waals surface area contributed by atoms with E-state index in [1.165, 1.54) is 19.4 Å². The molecule has 21 heavy (non-hydrogen) atoms. The normalized spacial score (nSPS) is 9.95. The molecule has 0 radical (unpaired) electrons. The number of carbonyl (C=O) groups is 2. The number of benzene rings is 1. The zero-order chi connectivity index (χ0) is 15.2. The second-order valence-corrected chi connectivity index (χ2v) is 4.13. The monoisotopic (exact) mass is 287 g/mol. The van der Waals surface area contributed by atoms with Gasteiger partial charge in [0.05, 0.1) is 23.9 Å². The predicted molar refractivity (Wildman–Crippen MR) is 73.4 cm³/mol. The molecule has 0 amide bonds. The molecular formula is C15H13NO5. The molecule has 0 unspecified atom stereocenters. The first kappa shape index (κ1) is 14.5. The highest BCUT2D eigenvalue weighted by Gasteiger charge is 2.09. The smallest absolute Gasteiger partial charge is 0.339 e. The average Bonchev–Trinajstić information content (AvgIpc) is 2.52. The van der Waals surface area contributed by atoms with Crippen LogP contribution in [0.2, 0.25) is 0 Å². The summed E-state index contributed by atoms with van der Waals surface area (Å²) in [6.07, 6.45) is 1.91. The van der Waals surface area contributed by atoms with E-state index in [9.17, 15) is 14.7 Å². The molecular weight excluding hydrogens is 274 g/mol. The van der Waals surface area contributed by atoms with Crippen LogP contribution in [0.25, 0.3) is 0 Å². The molecule has 6 nitrogen and oxygen atoms in total. The van der Waals surface area contributed by atoms with Crippen LogP contribution in [0, 0.1) is 0 Å². The number of nitrogens with zero attached hydrogens (tertiary/aromatic N) is 1. The summed E-state index contributed by atoms with van der Waals surface area (Å²) in [5.41, 5.74) is 0.999. The van der Waals surface area contributed by atoms with E-state index in [0.29, 0.717) is 17.5 Å². The van der Waals surface area contributed by atoms with Crippen molar-refractivity contribution in [2.24, 2.45) is 0 Å². The molecule has 2 aromatic rings. The summed E-state index contributed by atoms with van der Waals surface area (Å²) in [5.74, 6) is -0.341. The maximum Gasteiger partial charge on any atom is 0.339 e. The van der Waals surface area contributed by atoms with Crippen LogP contribution < -0.4 is 4.74 Å². The Morgan fingerprint density at radius 3 is 2.76 bits per heavy atom. The van der Waals surface area contributed by atoms with Crippen LogP contribution in [-0.2, 0) is 11.3 Å². The lowest BCUT2D eigenvalue weighted by molar-refractivity contribution is 0.0600. The third-order valence-corrected chi connectivity index (χ3v) is 2.78. The largest absolute Gasteiger partial charge is 0.507 e. The number of hydrogen-bond acceptors (Lipinski definition) is 6. The molecule has 1 N–H and O–H groups in total. The van der Waals surface area contributed by atoms with Crippen molar-refractivity contribution in [1.82, 2.24) is 4.98 Å². The number of aromatic nitrogens is 1. The molecule has 1 aromatic carbocycles. The first-order valence-electron chi connectivity index (χ1n) is 6.09. The molecule has 0 saturated heterocycles. The summed E-state index contributed by atoms with van der Waals surface area (Å²) in [5, 5.41) is 9.53. The van der Waals surface area contributed by atoms with Crippen molar-refractivity contribution in [3.8, 4) is 11.5 Å². The summed E-state index contributed by atoms with van der Waals surface area (Å²) >= 11 is 0. The second-order valence-electron chi connectivity index (χ2n) is 4.13. The highest BCUT2D eigenvalue weighted by molar-refractivity contribution is 5.88. The number of aromatic hydroxyl groups is 1. The maximum absolute atomic E-state index is 11.3. The number of aldehydes is 1. The van der Waals surface area contributed by atoms with Crippen LogP contribution in [0.3, 0.4) is 0 Å². The van der Waals surface area contributed by atoms with Crippen LogP contribution in [0.5, 0.6) is 11.5 Å². The van der Waals surface area contributed by atoms with Gasteiger partial charge in [-0.05, 0) is 24.3 Å². The number of esters is 1. The number of pyridine rings is 1. The molecule has 0 aliphatic carbocycles. The van der Waals surface area contributed by atoms with Gasteiger partial charge in [-0.15, -0.1) is 0 Å². The molecule has 0 fully saturated rings. The zero-order valence-electron chi connectivity index (χ0n) is 11.3. The summed E-state index contributed by atoms with van der Waals surface area (Å²) in [4.78, 5) is 26.2. The standard InChI is InChI=1S/C15H13NO5/c1-20-15(19)10-5-6-11(16-7-10)9-21-14-4-2-3-13(18)12(14)8-17/h2-8,18H,9H2,1H3. The zero-order valence-corrected chi connectivity index (χ0v) is 11.3. The number of phenols is 1. The molecule has 1 heterocycles. The Bertz CT molecular complexity index is 652. The van der Waals surface area contributed by atoms with E-state index >= 15 is 0 Å². The number of ether oxygens (including phenoxy) is 2. The molecule has 2 rings (SSSR count). The average molecular weight is 287 g/mol. The van der Waals surface area contributed by atoms with Crippen molar-refractivity contribution in [2.45, 2.75) is 6.61 Å². The summed E-state index contributed by atoms with van der Waals surface area (Å²) in [7, 11) is 1.29. The first-order chi connectivity index (χ1) is 10.2. The lowest BCUT2D eigenvalue weighted by Crippen LogP contribution is -2.04. The van der Waals surface area contributed by atoms with Gasteiger partial charge >= 0.3 is 5.97 Å². The quantitative estimate of drug-likeness (QED) is 0.668. The van der Waals surface area contributed by atoms with E-state index in [1.54, 1.807) is 24.3 Å². The fraction of sp³-hybridized carbons (Fsp3) is 0.133. The van der Waals surface area contributed by atoms with Crippen LogP contribution in [0.15, 0.2) is 36.5 Å². The van der Waals surface area contributed by atoms with Crippen molar-refractivity contribution in [3.05, 3.63) is 53.3 Å². The van der Waals surface area contributed by atoms with Crippen molar-refractivity contribution in [1.29, 1.82) is 0 Å². The molecule has 0 bridgehead atoms. The Morgan fingerprint density at radius 2 is 2.14 bits per heavy atom. The van der Waals surface area contributed by atoms with Gasteiger partial charge in [0.25, 0.3) is 0 Å². The van der Waals surface area contributed by atoms with Crippen molar-refractivity contribution in [2.75, 3.05) is 7.11 Å². The van der Waals surface area contributed by atoms with Crippen LogP contribution >= 0.6 is 0 Å². The van der Waals surface area contributed by atoms with Gasteiger partial charge in [-0.25, -0.2) is 4.79 Å². The number of carbonyl (C=O) groups excluding carboxylic acids is 2. The third-order valence-electron chi connectivity index (χ3n) is 2.78. The summed E-state index contributed by atoms with van der Waals surface area (Å²) in [6, 6.07) is 7.74. The van der Waals surface area contributed by atoms with Gasteiger partial charge in [-0.3, -0.25) is 9.78 Å². The molecule has 0 aliphatic rings. The number of hydrogen-bond donors (Lipinski definition) is 1. The molecule has 0 spiro atoms. The highest BCUT2D eigenvalue weighted by atomic mass is 16.5. The number of methoxy groups -OCH3 is 1. The first-order valence-corrected chi connectivity index (χ1v) is 6.09. The minimum Gasteiger partial charge on any atom is -0.507 e. The molecule has 0 atom stereocenters. The van der Waals surface area contributed by atoms with Gasteiger partial charge in [0.15, 0.2) is 6.29 Å².